The van der Waals surface area contributed by atoms with Crippen molar-refractivity contribution < 1.29 is 13.2 Å². The van der Waals surface area contributed by atoms with Crippen LogP contribution < -0.4 is 11.0 Å². The van der Waals surface area contributed by atoms with Crippen molar-refractivity contribution >= 4 is 27.5 Å². The lowest BCUT2D eigenvalue weighted by molar-refractivity contribution is -0.122. The monoisotopic (exact) mass is 496 g/mol. The summed E-state index contributed by atoms with van der Waals surface area (Å²) in [5, 5.41) is 10.3. The van der Waals surface area contributed by atoms with Crippen molar-refractivity contribution in [2.75, 3.05) is 27.2 Å². The summed E-state index contributed by atoms with van der Waals surface area (Å²) >= 11 is 1.43. The van der Waals surface area contributed by atoms with Gasteiger partial charge in [-0.1, -0.05) is 19.3 Å². The molecular weight excluding hydrogens is 464 g/mol. The Morgan fingerprint density at radius 3 is 2.48 bits per heavy atom. The smallest absolute Gasteiger partial charge is 0.351 e. The fourth-order valence-electron chi connectivity index (χ4n) is 4.63. The molecule has 33 heavy (non-hydrogen) atoms. The lowest BCUT2D eigenvalue weighted by Gasteiger charge is -2.32. The third-order valence-corrected chi connectivity index (χ3v) is 9.26. The fraction of sp³-hybridized carbons (Fsp3) is 0.667. The van der Waals surface area contributed by atoms with E-state index in [1.807, 2.05) is 17.5 Å². The Morgan fingerprint density at radius 2 is 1.88 bits per heavy atom. The van der Waals surface area contributed by atoms with Gasteiger partial charge in [0.05, 0.1) is 0 Å². The fourth-order valence-corrected chi connectivity index (χ4v) is 6.49. The molecule has 4 rings (SSSR count). The van der Waals surface area contributed by atoms with Crippen molar-refractivity contribution in [1.29, 1.82) is 0 Å². The second-order valence-corrected chi connectivity index (χ2v) is 12.0. The van der Waals surface area contributed by atoms with Crippen LogP contribution in [0.2, 0.25) is 0 Å². The molecule has 2 aromatic rings. The molecule has 182 valence electrons. The van der Waals surface area contributed by atoms with Crippen LogP contribution in [0.4, 0.5) is 0 Å². The van der Waals surface area contributed by atoms with E-state index in [-0.39, 0.29) is 30.1 Å². The largest absolute Gasteiger partial charge is 0.352 e. The Labute approximate surface area is 198 Å². The van der Waals surface area contributed by atoms with E-state index in [9.17, 15) is 18.0 Å². The minimum absolute atomic E-state index is 0.0731. The molecule has 1 aliphatic carbocycles. The standard InChI is InChI=1S/C21H32N6O4S2/c1-24(2)33(30,31)25-12-10-16(11-13-25)20-23-26(21(29)27(20)19-9-6-14-32-19)15-18(28)22-17-7-4-3-5-8-17/h6,9,14,16-17H,3-5,7-8,10-13,15H2,1-2H3,(H,22,28). The average Bonchev–Trinajstić information content (AvgIpc) is 3.43. The van der Waals surface area contributed by atoms with Gasteiger partial charge in [-0.25, -0.2) is 14.0 Å². The van der Waals surface area contributed by atoms with Crippen molar-refractivity contribution in [2.45, 2.75) is 63.5 Å². The van der Waals surface area contributed by atoms with Gasteiger partial charge in [0.1, 0.15) is 17.4 Å². The van der Waals surface area contributed by atoms with Gasteiger partial charge < -0.3 is 5.32 Å². The zero-order valence-corrected chi connectivity index (χ0v) is 20.8. The molecule has 0 radical (unpaired) electrons. The van der Waals surface area contributed by atoms with Crippen molar-refractivity contribution in [3.63, 3.8) is 0 Å². The second-order valence-electron chi connectivity index (χ2n) is 8.95. The number of nitrogens with zero attached hydrogens (tertiary/aromatic N) is 5. The first kappa shape index (κ1) is 24.1. The maximum atomic E-state index is 13.2. The van der Waals surface area contributed by atoms with Crippen LogP contribution in [0.3, 0.4) is 0 Å². The lowest BCUT2D eigenvalue weighted by Crippen LogP contribution is -2.44. The summed E-state index contributed by atoms with van der Waals surface area (Å²) in [4.78, 5) is 25.9. The highest BCUT2D eigenvalue weighted by Crippen LogP contribution is 2.30. The van der Waals surface area contributed by atoms with E-state index in [1.165, 1.54) is 45.1 Å². The van der Waals surface area contributed by atoms with E-state index in [1.54, 1.807) is 4.57 Å². The number of rotatable bonds is 7. The summed E-state index contributed by atoms with van der Waals surface area (Å²) in [6.45, 7) is 0.603. The first-order chi connectivity index (χ1) is 15.8. The molecule has 2 aliphatic rings. The van der Waals surface area contributed by atoms with E-state index in [0.717, 1.165) is 30.7 Å². The molecule has 1 saturated heterocycles. The zero-order chi connectivity index (χ0) is 23.6. The van der Waals surface area contributed by atoms with E-state index >= 15 is 0 Å². The van der Waals surface area contributed by atoms with Crippen molar-refractivity contribution in [1.82, 2.24) is 28.3 Å². The van der Waals surface area contributed by atoms with Crippen molar-refractivity contribution in [3.8, 4) is 5.00 Å². The van der Waals surface area contributed by atoms with Gasteiger partial charge in [0.15, 0.2) is 0 Å². The number of hydrogen-bond donors (Lipinski definition) is 1. The molecule has 1 N–H and O–H groups in total. The highest BCUT2D eigenvalue weighted by Gasteiger charge is 2.33. The molecule has 2 aromatic heterocycles. The average molecular weight is 497 g/mol. The van der Waals surface area contributed by atoms with Crippen LogP contribution in [0.25, 0.3) is 5.00 Å². The van der Waals surface area contributed by atoms with Crippen LogP contribution in [0, 0.1) is 0 Å². The van der Waals surface area contributed by atoms with Crippen LogP contribution in [0.15, 0.2) is 22.3 Å². The van der Waals surface area contributed by atoms with Crippen LogP contribution in [0.5, 0.6) is 0 Å². The van der Waals surface area contributed by atoms with Gasteiger partial charge in [0.2, 0.25) is 5.91 Å². The van der Waals surface area contributed by atoms with Crippen LogP contribution in [-0.4, -0.2) is 70.5 Å². The maximum absolute atomic E-state index is 13.2. The molecule has 1 amide bonds. The molecule has 1 aliphatic heterocycles. The Hall–Kier alpha value is -2.02. The van der Waals surface area contributed by atoms with Gasteiger partial charge in [-0.3, -0.25) is 4.79 Å². The predicted molar refractivity (Wildman–Crippen MR) is 127 cm³/mol. The van der Waals surface area contributed by atoms with E-state index in [0.29, 0.717) is 31.8 Å². The summed E-state index contributed by atoms with van der Waals surface area (Å²) in [7, 11) is -0.423. The summed E-state index contributed by atoms with van der Waals surface area (Å²) in [6.07, 6.45) is 6.50. The van der Waals surface area contributed by atoms with E-state index in [2.05, 4.69) is 10.4 Å². The molecule has 0 bridgehead atoms. The normalized spacial score (nSPS) is 19.2. The third kappa shape index (κ3) is 5.23. The molecule has 0 spiro atoms. The van der Waals surface area contributed by atoms with Gasteiger partial charge in [-0.2, -0.15) is 22.1 Å². The molecule has 10 nitrogen and oxygen atoms in total. The van der Waals surface area contributed by atoms with Crippen molar-refractivity contribution in [3.05, 3.63) is 33.8 Å². The highest BCUT2D eigenvalue weighted by atomic mass is 32.2. The number of carbonyl (C=O) groups excluding carboxylic acids is 1. The van der Waals surface area contributed by atoms with Crippen molar-refractivity contribution in [2.24, 2.45) is 0 Å². The van der Waals surface area contributed by atoms with Gasteiger partial charge in [-0.15, -0.1) is 11.3 Å². The van der Waals surface area contributed by atoms with Crippen LogP contribution in [0.1, 0.15) is 56.7 Å². The highest BCUT2D eigenvalue weighted by molar-refractivity contribution is 7.86. The van der Waals surface area contributed by atoms with Gasteiger partial charge in [0, 0.05) is 39.1 Å². The Bertz CT molecular complexity index is 1110. The molecule has 0 atom stereocenters. The van der Waals surface area contributed by atoms with Crippen LogP contribution in [-0.2, 0) is 21.5 Å². The molecule has 0 unspecified atom stereocenters. The molecular formula is C21H32N6O4S2. The quantitative estimate of drug-likeness (QED) is 0.625. The van der Waals surface area contributed by atoms with Gasteiger partial charge in [-0.05, 0) is 43.2 Å². The minimum Gasteiger partial charge on any atom is -0.352 e. The summed E-state index contributed by atoms with van der Waals surface area (Å²) in [5.41, 5.74) is -0.338. The number of carbonyl (C=O) groups is 1. The second kappa shape index (κ2) is 10.1. The SMILES string of the molecule is CN(C)S(=O)(=O)N1CCC(c2nn(CC(=O)NC3CCCCC3)c(=O)n2-c2cccs2)CC1. The van der Waals surface area contributed by atoms with E-state index < -0.39 is 10.2 Å². The molecule has 12 heteroatoms. The number of thiophene rings is 1. The topological polar surface area (TPSA) is 110 Å². The Balaban J connectivity index is 1.54. The molecule has 0 aromatic carbocycles. The summed E-state index contributed by atoms with van der Waals surface area (Å²) in [5.74, 6) is 0.323. The first-order valence-corrected chi connectivity index (χ1v) is 13.8. The predicted octanol–water partition coefficient (Wildman–Crippen LogP) is 1.53. The van der Waals surface area contributed by atoms with E-state index in [4.69, 9.17) is 0 Å². The third-order valence-electron chi connectivity index (χ3n) is 6.46. The maximum Gasteiger partial charge on any atom is 0.351 e. The lowest BCUT2D eigenvalue weighted by atomic mass is 9.95. The zero-order valence-electron chi connectivity index (χ0n) is 19.1. The number of hydrogen-bond acceptors (Lipinski definition) is 6. The number of aromatic nitrogens is 3. The number of amides is 1. The van der Waals surface area contributed by atoms with Crippen LogP contribution >= 0.6 is 11.3 Å². The summed E-state index contributed by atoms with van der Waals surface area (Å²) in [6, 6.07) is 3.90. The Kier molecular flexibility index (Phi) is 7.37. The molecule has 3 heterocycles. The van der Waals surface area contributed by atoms with Gasteiger partial charge >= 0.3 is 5.69 Å². The Morgan fingerprint density at radius 1 is 1.18 bits per heavy atom. The molecule has 2 fully saturated rings. The first-order valence-electron chi connectivity index (χ1n) is 11.5. The number of piperidine rings is 1. The molecule has 1 saturated carbocycles. The minimum atomic E-state index is -3.47. The summed E-state index contributed by atoms with van der Waals surface area (Å²) < 4.78 is 30.4. The number of nitrogens with one attached hydrogen (secondary N) is 1. The van der Waals surface area contributed by atoms with Gasteiger partial charge in [0.25, 0.3) is 10.2 Å².